The van der Waals surface area contributed by atoms with E-state index in [2.05, 4.69) is 9.98 Å². The van der Waals surface area contributed by atoms with Crippen LogP contribution in [-0.4, -0.2) is 0 Å². The number of thiophene rings is 3. The maximum Gasteiger partial charge on any atom is 0.216 e. The zero-order valence-electron chi connectivity index (χ0n) is 23.8. The van der Waals surface area contributed by atoms with Gasteiger partial charge >= 0.3 is 0 Å². The quantitative estimate of drug-likeness (QED) is 0.188. The Morgan fingerprint density at radius 2 is 1.02 bits per heavy atom. The summed E-state index contributed by atoms with van der Waals surface area (Å²) in [5.74, 6) is -4.85. The van der Waals surface area contributed by atoms with Crippen molar-refractivity contribution in [3.63, 3.8) is 0 Å². The number of nitrogens with zero attached hydrogens (tertiary/aromatic N) is 2. The van der Waals surface area contributed by atoms with Gasteiger partial charge in [0.1, 0.15) is 10.0 Å². The van der Waals surface area contributed by atoms with Crippen molar-refractivity contribution in [3.8, 4) is 9.75 Å². The second-order valence-corrected chi connectivity index (χ2v) is 15.0. The molecule has 9 rings (SSSR count). The monoisotopic (exact) mass is 688 g/mol. The van der Waals surface area contributed by atoms with Crippen molar-refractivity contribution in [2.75, 3.05) is 0 Å². The molecule has 0 N–H and O–H groups in total. The molecule has 0 saturated heterocycles. The summed E-state index contributed by atoms with van der Waals surface area (Å²) in [5, 5.41) is -0.696. The van der Waals surface area contributed by atoms with Gasteiger partial charge in [-0.05, 0) is 54.8 Å². The number of hydrogen-bond acceptors (Lipinski definition) is 9. The van der Waals surface area contributed by atoms with E-state index in [4.69, 9.17) is 0 Å². The molecule has 47 heavy (non-hydrogen) atoms. The Balaban J connectivity index is 1.21. The number of halogens is 4. The highest BCUT2D eigenvalue weighted by molar-refractivity contribution is 7.33. The van der Waals surface area contributed by atoms with Crippen LogP contribution in [-0.2, 0) is 5.41 Å². The molecule has 13 heteroatoms. The molecule has 3 heterocycles. The van der Waals surface area contributed by atoms with Crippen molar-refractivity contribution < 1.29 is 17.6 Å². The Morgan fingerprint density at radius 1 is 0.553 bits per heavy atom. The van der Waals surface area contributed by atoms with Crippen LogP contribution < -0.4 is 32.4 Å². The normalized spacial score (nSPS) is 15.3. The first-order chi connectivity index (χ1) is 22.6. The average molecular weight is 689 g/mol. The molecule has 6 nitrogen and oxygen atoms in total. The average Bonchev–Trinajstić information content (AvgIpc) is 3.85. The molecule has 1 saturated carbocycles. The summed E-state index contributed by atoms with van der Waals surface area (Å²) in [5.41, 5.74) is -1.12. The van der Waals surface area contributed by atoms with E-state index >= 15 is 0 Å². The van der Waals surface area contributed by atoms with Crippen molar-refractivity contribution in [2.24, 2.45) is 9.98 Å². The highest BCUT2D eigenvalue weighted by Crippen LogP contribution is 2.64. The molecule has 2 aliphatic carbocycles. The van der Waals surface area contributed by atoms with Crippen LogP contribution >= 0.6 is 34.0 Å². The second kappa shape index (κ2) is 9.78. The highest BCUT2D eigenvalue weighted by Gasteiger charge is 2.48. The van der Waals surface area contributed by atoms with E-state index in [1.54, 1.807) is 6.07 Å². The van der Waals surface area contributed by atoms with E-state index in [-0.39, 0.29) is 37.7 Å². The maximum absolute atomic E-state index is 13.8. The Hall–Kier alpha value is -4.46. The van der Waals surface area contributed by atoms with Gasteiger partial charge in [-0.1, -0.05) is 19.3 Å². The van der Waals surface area contributed by atoms with Gasteiger partial charge in [-0.15, -0.1) is 34.0 Å². The summed E-state index contributed by atoms with van der Waals surface area (Å²) in [6, 6.07) is 6.64. The first-order valence-corrected chi connectivity index (χ1v) is 17.1. The zero-order chi connectivity index (χ0) is 32.5. The molecule has 0 atom stereocenters. The molecular formula is C34H16F4N2O4S3. The summed E-state index contributed by atoms with van der Waals surface area (Å²) < 4.78 is 57.2. The predicted molar refractivity (Wildman–Crippen MR) is 175 cm³/mol. The minimum atomic E-state index is -1.21. The summed E-state index contributed by atoms with van der Waals surface area (Å²) in [4.78, 5) is 62.7. The zero-order valence-corrected chi connectivity index (χ0v) is 26.2. The molecule has 0 amide bonds. The standard InChI is InChI=1S/C34H16F4N2O4S3/c35-17-6-12-13(7-18(17)36)28(42)25(27(12)41)39-22-10-16-31(46-22)33-24(34(16)4-2-1-3-5-34)32-21(45-33)11-23(47-32)40-26-29(43)14-8-19(37)20(38)9-15(14)30(26)44/h6-11H,1-5H2. The third-order valence-electron chi connectivity index (χ3n) is 9.38. The fourth-order valence-corrected chi connectivity index (χ4v) is 11.3. The summed E-state index contributed by atoms with van der Waals surface area (Å²) in [6.45, 7) is 0. The van der Waals surface area contributed by atoms with Gasteiger partial charge in [0.15, 0.2) is 34.0 Å². The molecular weight excluding hydrogens is 673 g/mol. The highest BCUT2D eigenvalue weighted by atomic mass is 32.1. The van der Waals surface area contributed by atoms with E-state index in [9.17, 15) is 36.7 Å². The minimum absolute atomic E-state index is 0.204. The topological polar surface area (TPSA) is 93.0 Å². The summed E-state index contributed by atoms with van der Waals surface area (Å²) >= 11 is 4.24. The van der Waals surface area contributed by atoms with Crippen LogP contribution in [0.1, 0.15) is 43.2 Å². The third kappa shape index (κ3) is 3.87. The lowest BCUT2D eigenvalue weighted by Crippen LogP contribution is -2.31. The molecule has 4 aromatic carbocycles. The largest absolute Gasteiger partial charge is 0.287 e. The van der Waals surface area contributed by atoms with E-state index in [0.717, 1.165) is 86.7 Å². The molecule has 1 spiro atoms. The lowest BCUT2D eigenvalue weighted by Gasteiger charge is -2.34. The van der Waals surface area contributed by atoms with Crippen molar-refractivity contribution in [2.45, 2.75) is 37.5 Å². The Kier molecular flexibility index (Phi) is 5.98. The van der Waals surface area contributed by atoms with Crippen LogP contribution in [0.15, 0.2) is 65.6 Å². The molecule has 7 aromatic rings. The lowest BCUT2D eigenvalue weighted by atomic mass is 9.68. The van der Waals surface area contributed by atoms with Crippen molar-refractivity contribution in [1.29, 1.82) is 0 Å². The van der Waals surface area contributed by atoms with Crippen molar-refractivity contribution in [1.82, 2.24) is 0 Å². The van der Waals surface area contributed by atoms with Gasteiger partial charge in [0.05, 0.1) is 14.5 Å². The SMILES string of the molecule is O=c1c(=Nc2cc3c(s2)-c2sc4cc(N=c5c(=O)c6cc(F)c(F)cc6c5=O)sc4c2C32CCCCC2)c(=O)c2cc(F)c(F)cc12. The van der Waals surface area contributed by atoms with Gasteiger partial charge in [0.25, 0.3) is 0 Å². The van der Waals surface area contributed by atoms with Gasteiger partial charge in [-0.25, -0.2) is 27.5 Å². The predicted octanol–water partition coefficient (Wildman–Crippen LogP) is 6.77. The molecule has 3 aromatic heterocycles. The smallest absolute Gasteiger partial charge is 0.216 e. The van der Waals surface area contributed by atoms with Gasteiger partial charge in [-0.2, -0.15) is 0 Å². The third-order valence-corrected chi connectivity index (χ3v) is 12.9. The molecule has 1 fully saturated rings. The molecule has 2 aliphatic rings. The summed E-state index contributed by atoms with van der Waals surface area (Å²) in [6.07, 6.45) is 4.75. The fraction of sp³-hybridized carbons (Fsp3) is 0.176. The summed E-state index contributed by atoms with van der Waals surface area (Å²) in [7, 11) is 0. The van der Waals surface area contributed by atoms with E-state index in [1.807, 2.05) is 6.07 Å². The Morgan fingerprint density at radius 3 is 1.51 bits per heavy atom. The van der Waals surface area contributed by atoms with Crippen molar-refractivity contribution in [3.05, 3.63) is 122 Å². The molecule has 0 radical (unpaired) electrons. The van der Waals surface area contributed by atoms with Crippen LogP contribution in [0, 0.1) is 23.3 Å². The minimum Gasteiger partial charge on any atom is -0.287 e. The molecule has 0 bridgehead atoms. The maximum atomic E-state index is 13.8. The second-order valence-electron chi connectivity index (χ2n) is 11.9. The molecule has 232 valence electrons. The van der Waals surface area contributed by atoms with Gasteiger partial charge in [0, 0.05) is 37.2 Å². The molecule has 0 unspecified atom stereocenters. The van der Waals surface area contributed by atoms with Crippen molar-refractivity contribution >= 4 is 75.0 Å². The van der Waals surface area contributed by atoms with Crippen LogP contribution in [0.25, 0.3) is 40.7 Å². The van der Waals surface area contributed by atoms with Crippen LogP contribution in [0.2, 0.25) is 0 Å². The number of rotatable bonds is 2. The Bertz CT molecular complexity index is 2770. The van der Waals surface area contributed by atoms with E-state index < -0.39 is 45.0 Å². The first-order valence-electron chi connectivity index (χ1n) is 14.6. The Labute approximate surface area is 271 Å². The fourth-order valence-electron chi connectivity index (χ4n) is 7.28. The lowest BCUT2D eigenvalue weighted by molar-refractivity contribution is 0.356. The van der Waals surface area contributed by atoms with Crippen LogP contribution in [0.4, 0.5) is 27.6 Å². The van der Waals surface area contributed by atoms with E-state index in [0.29, 0.717) is 10.0 Å². The number of fused-ring (bicyclic) bond motifs is 9. The van der Waals surface area contributed by atoms with Gasteiger partial charge in [0.2, 0.25) is 21.7 Å². The molecule has 0 aliphatic heterocycles. The van der Waals surface area contributed by atoms with Gasteiger partial charge in [-0.3, -0.25) is 19.2 Å². The van der Waals surface area contributed by atoms with Crippen LogP contribution in [0.3, 0.4) is 0 Å². The number of hydrogen-bond donors (Lipinski definition) is 0. The van der Waals surface area contributed by atoms with Crippen LogP contribution in [0.5, 0.6) is 0 Å². The first kappa shape index (κ1) is 28.7. The van der Waals surface area contributed by atoms with E-state index in [1.165, 1.54) is 34.0 Å². The van der Waals surface area contributed by atoms with Gasteiger partial charge < -0.3 is 0 Å². The number of benzene rings is 2.